The Bertz CT molecular complexity index is 598. The van der Waals surface area contributed by atoms with Crippen LogP contribution in [0.3, 0.4) is 0 Å². The van der Waals surface area contributed by atoms with Gasteiger partial charge in [-0.05, 0) is 50.0 Å². The fourth-order valence-corrected chi connectivity index (χ4v) is 3.56. The van der Waals surface area contributed by atoms with Crippen LogP contribution in [0.2, 0.25) is 0 Å². The molecule has 1 aromatic rings. The number of para-hydroxylation sites is 1. The highest BCUT2D eigenvalue weighted by atomic mass is 32.2. The maximum absolute atomic E-state index is 11.9. The van der Waals surface area contributed by atoms with Gasteiger partial charge in [0.2, 0.25) is 0 Å². The Hall–Kier alpha value is -1.75. The van der Waals surface area contributed by atoms with Gasteiger partial charge in [-0.25, -0.2) is 4.79 Å². The van der Waals surface area contributed by atoms with Gasteiger partial charge in [-0.3, -0.25) is 4.79 Å². The number of unbranched alkanes of at least 4 members (excludes halogenated alkanes) is 8. The van der Waals surface area contributed by atoms with E-state index in [2.05, 4.69) is 19.1 Å². The van der Waals surface area contributed by atoms with E-state index in [0.717, 1.165) is 25.0 Å². The summed E-state index contributed by atoms with van der Waals surface area (Å²) in [6, 6.07) is 6.20. The predicted octanol–water partition coefficient (Wildman–Crippen LogP) is 6.50. The Kier molecular flexibility index (Phi) is 14.1. The Morgan fingerprint density at radius 1 is 0.964 bits per heavy atom. The third-order valence-electron chi connectivity index (χ3n) is 4.36. The van der Waals surface area contributed by atoms with E-state index in [0.29, 0.717) is 0 Å². The Morgan fingerprint density at radius 2 is 1.61 bits per heavy atom. The molecule has 5 heteroatoms. The normalized spacial score (nSPS) is 11.0. The molecule has 0 radical (unpaired) electrons. The van der Waals surface area contributed by atoms with Crippen molar-refractivity contribution in [3.8, 4) is 5.75 Å². The van der Waals surface area contributed by atoms with E-state index in [4.69, 9.17) is 9.84 Å². The Balaban J connectivity index is 2.00. The maximum Gasteiger partial charge on any atom is 0.339 e. The van der Waals surface area contributed by atoms with Gasteiger partial charge in [0.25, 0.3) is 0 Å². The molecule has 1 N–H and O–H groups in total. The first-order chi connectivity index (χ1) is 13.6. The average Bonchev–Trinajstić information content (AvgIpc) is 2.68. The minimum absolute atomic E-state index is 0.00913. The number of allylic oxidation sites excluding steroid dienone is 2. The first kappa shape index (κ1) is 24.3. The number of carbonyl (C=O) groups is 2. The smallest absolute Gasteiger partial charge is 0.339 e. The van der Waals surface area contributed by atoms with Crippen LogP contribution in [0.5, 0.6) is 5.75 Å². The lowest BCUT2D eigenvalue weighted by Crippen LogP contribution is -2.13. The zero-order chi connectivity index (χ0) is 20.5. The van der Waals surface area contributed by atoms with Crippen molar-refractivity contribution in [1.82, 2.24) is 0 Å². The van der Waals surface area contributed by atoms with Crippen LogP contribution in [0.25, 0.3) is 0 Å². The molecule has 0 aliphatic rings. The van der Waals surface area contributed by atoms with Crippen LogP contribution in [0, 0.1) is 0 Å². The van der Waals surface area contributed by atoms with Crippen molar-refractivity contribution in [2.75, 3.05) is 11.5 Å². The number of carbonyl (C=O) groups excluding carboxylic acids is 1. The summed E-state index contributed by atoms with van der Waals surface area (Å²) in [6.45, 7) is 2.24. The lowest BCUT2D eigenvalue weighted by Gasteiger charge is -2.07. The molecule has 1 aromatic carbocycles. The highest BCUT2D eigenvalue weighted by molar-refractivity contribution is 7.99. The summed E-state index contributed by atoms with van der Waals surface area (Å²) in [5.74, 6) is -0.234. The van der Waals surface area contributed by atoms with Crippen LogP contribution in [0.4, 0.5) is 0 Å². The third kappa shape index (κ3) is 11.9. The number of esters is 1. The van der Waals surface area contributed by atoms with Gasteiger partial charge >= 0.3 is 11.9 Å². The molecule has 0 spiro atoms. The predicted molar refractivity (Wildman–Crippen MR) is 117 cm³/mol. The topological polar surface area (TPSA) is 63.6 Å². The summed E-state index contributed by atoms with van der Waals surface area (Å²) < 4.78 is 5.17. The molecule has 0 heterocycles. The van der Waals surface area contributed by atoms with E-state index in [1.165, 1.54) is 68.8 Å². The van der Waals surface area contributed by atoms with E-state index in [9.17, 15) is 9.59 Å². The Morgan fingerprint density at radius 3 is 2.29 bits per heavy atom. The van der Waals surface area contributed by atoms with E-state index < -0.39 is 11.9 Å². The van der Waals surface area contributed by atoms with Crippen molar-refractivity contribution >= 4 is 23.7 Å². The van der Waals surface area contributed by atoms with E-state index >= 15 is 0 Å². The van der Waals surface area contributed by atoms with Crippen molar-refractivity contribution in [1.29, 1.82) is 0 Å². The molecular formula is C23H34O4S. The fourth-order valence-electron chi connectivity index (χ4n) is 2.78. The van der Waals surface area contributed by atoms with Gasteiger partial charge in [0.05, 0.1) is 5.75 Å². The first-order valence-electron chi connectivity index (χ1n) is 10.4. The summed E-state index contributed by atoms with van der Waals surface area (Å²) in [5, 5.41) is 9.09. The zero-order valence-electron chi connectivity index (χ0n) is 17.0. The third-order valence-corrected chi connectivity index (χ3v) is 5.38. The number of carboxylic acid groups (broad SMARTS) is 1. The van der Waals surface area contributed by atoms with Gasteiger partial charge in [0.15, 0.2) is 0 Å². The minimum atomic E-state index is -1.10. The van der Waals surface area contributed by atoms with Crippen LogP contribution < -0.4 is 4.74 Å². The number of benzene rings is 1. The average molecular weight is 407 g/mol. The second-order valence-corrected chi connectivity index (χ2v) is 7.96. The number of thioether (sulfide) groups is 1. The molecule has 0 fully saturated rings. The second kappa shape index (κ2) is 16.2. The SMILES string of the molecule is CCCCCCCC=CCCCCCSCC(=O)Oc1ccccc1C(=O)O. The number of hydrogen-bond acceptors (Lipinski definition) is 4. The highest BCUT2D eigenvalue weighted by Crippen LogP contribution is 2.19. The summed E-state index contributed by atoms with van der Waals surface area (Å²) in [4.78, 5) is 23.0. The summed E-state index contributed by atoms with van der Waals surface area (Å²) in [5.41, 5.74) is 0.00913. The molecule has 0 aromatic heterocycles. The van der Waals surface area contributed by atoms with Crippen molar-refractivity contribution in [2.24, 2.45) is 0 Å². The molecule has 1 rings (SSSR count). The molecule has 0 aliphatic heterocycles. The lowest BCUT2D eigenvalue weighted by atomic mass is 10.1. The van der Waals surface area contributed by atoms with Gasteiger partial charge < -0.3 is 9.84 Å². The van der Waals surface area contributed by atoms with Gasteiger partial charge in [0.1, 0.15) is 11.3 Å². The van der Waals surface area contributed by atoms with Crippen molar-refractivity contribution < 1.29 is 19.4 Å². The number of aromatic carboxylic acids is 1. The van der Waals surface area contributed by atoms with Crippen LogP contribution in [0.15, 0.2) is 36.4 Å². The maximum atomic E-state index is 11.9. The van der Waals surface area contributed by atoms with E-state index in [1.807, 2.05) is 0 Å². The van der Waals surface area contributed by atoms with Crippen LogP contribution in [-0.2, 0) is 4.79 Å². The van der Waals surface area contributed by atoms with Crippen LogP contribution in [-0.4, -0.2) is 28.6 Å². The summed E-state index contributed by atoms with van der Waals surface area (Å²) in [7, 11) is 0. The molecule has 4 nitrogen and oxygen atoms in total. The van der Waals surface area contributed by atoms with Gasteiger partial charge in [-0.1, -0.05) is 63.3 Å². The minimum Gasteiger partial charge on any atom is -0.478 e. The van der Waals surface area contributed by atoms with Crippen molar-refractivity contribution in [3.05, 3.63) is 42.0 Å². The molecule has 0 aliphatic carbocycles. The van der Waals surface area contributed by atoms with Gasteiger partial charge in [-0.15, -0.1) is 0 Å². The highest BCUT2D eigenvalue weighted by Gasteiger charge is 2.13. The number of carboxylic acids is 1. The van der Waals surface area contributed by atoms with Gasteiger partial charge in [0, 0.05) is 0 Å². The molecule has 0 bridgehead atoms. The molecule has 0 saturated heterocycles. The van der Waals surface area contributed by atoms with Crippen LogP contribution >= 0.6 is 11.8 Å². The number of ether oxygens (including phenoxy) is 1. The molecule has 28 heavy (non-hydrogen) atoms. The zero-order valence-corrected chi connectivity index (χ0v) is 17.8. The molecule has 0 saturated carbocycles. The molecular weight excluding hydrogens is 372 g/mol. The summed E-state index contributed by atoms with van der Waals surface area (Å²) in [6.07, 6.45) is 17.0. The monoisotopic (exact) mass is 406 g/mol. The molecule has 0 atom stereocenters. The fraction of sp³-hybridized carbons (Fsp3) is 0.565. The van der Waals surface area contributed by atoms with Crippen molar-refractivity contribution in [3.63, 3.8) is 0 Å². The number of hydrogen-bond donors (Lipinski definition) is 1. The number of rotatable bonds is 16. The quantitative estimate of drug-likeness (QED) is 0.147. The van der Waals surface area contributed by atoms with Gasteiger partial charge in [-0.2, -0.15) is 11.8 Å². The van der Waals surface area contributed by atoms with Crippen LogP contribution in [0.1, 0.15) is 81.5 Å². The van der Waals surface area contributed by atoms with E-state index in [1.54, 1.807) is 12.1 Å². The lowest BCUT2D eigenvalue weighted by molar-refractivity contribution is -0.131. The first-order valence-corrected chi connectivity index (χ1v) is 11.6. The molecule has 156 valence electrons. The van der Waals surface area contributed by atoms with Crippen molar-refractivity contribution in [2.45, 2.75) is 71.1 Å². The molecule has 0 amide bonds. The van der Waals surface area contributed by atoms with E-state index in [-0.39, 0.29) is 17.1 Å². The second-order valence-electron chi connectivity index (χ2n) is 6.85. The largest absolute Gasteiger partial charge is 0.478 e. The standard InChI is InChI=1S/C23H34O4S/c1-2-3-4-5-6-7-8-9-10-11-12-15-18-28-19-22(24)27-21-17-14-13-16-20(21)23(25)26/h8-9,13-14,16-17H,2-7,10-12,15,18-19H2,1H3,(H,25,26). The summed E-state index contributed by atoms with van der Waals surface area (Å²) >= 11 is 1.54. The molecule has 0 unspecified atom stereocenters. The Labute approximate surface area is 173 Å².